The Kier molecular flexibility index (Phi) is 6.75. The van der Waals surface area contributed by atoms with E-state index in [1.165, 1.54) is 11.3 Å². The Morgan fingerprint density at radius 2 is 1.83 bits per heavy atom. The summed E-state index contributed by atoms with van der Waals surface area (Å²) in [5.74, 6) is 1.47. The van der Waals surface area contributed by atoms with Gasteiger partial charge in [-0.3, -0.25) is 9.48 Å². The summed E-state index contributed by atoms with van der Waals surface area (Å²) >= 11 is 0. The molecule has 0 saturated heterocycles. The van der Waals surface area contributed by atoms with E-state index >= 15 is 0 Å². The van der Waals surface area contributed by atoms with E-state index in [9.17, 15) is 4.79 Å². The molecule has 0 unspecified atom stereocenters. The molecule has 0 atom stereocenters. The third-order valence-electron chi connectivity index (χ3n) is 6.61. The highest BCUT2D eigenvalue weighted by atomic mass is 16.7. The molecule has 1 amide bonds. The molecule has 0 saturated carbocycles. The highest BCUT2D eigenvalue weighted by molar-refractivity contribution is 5.77. The molecule has 0 bridgehead atoms. The average molecular weight is 486 g/mol. The predicted octanol–water partition coefficient (Wildman–Crippen LogP) is 4.39. The molecule has 4 aromatic rings. The molecule has 5 rings (SSSR count). The Balaban J connectivity index is 1.29. The van der Waals surface area contributed by atoms with Crippen LogP contribution in [-0.2, 0) is 24.2 Å². The minimum Gasteiger partial charge on any atom is -0.454 e. The van der Waals surface area contributed by atoms with Gasteiger partial charge in [-0.1, -0.05) is 18.2 Å². The Hall–Kier alpha value is -4.07. The first kappa shape index (κ1) is 23.7. The van der Waals surface area contributed by atoms with Crippen molar-refractivity contribution < 1.29 is 14.3 Å². The Labute approximate surface area is 210 Å². The fraction of sp³-hybridized carbons (Fsp3) is 0.321. The number of aryl methyl sites for hydroxylation is 3. The quantitative estimate of drug-likeness (QED) is 0.380. The number of rotatable bonds is 9. The number of fused-ring (bicyclic) bond motifs is 1. The molecule has 8 heteroatoms. The largest absolute Gasteiger partial charge is 0.454 e. The number of amides is 1. The van der Waals surface area contributed by atoms with Crippen molar-refractivity contribution in [3.8, 4) is 28.4 Å². The van der Waals surface area contributed by atoms with E-state index in [4.69, 9.17) is 14.6 Å². The first-order valence-corrected chi connectivity index (χ1v) is 12.4. The van der Waals surface area contributed by atoms with Crippen molar-refractivity contribution in [2.45, 2.75) is 46.6 Å². The van der Waals surface area contributed by atoms with Crippen LogP contribution in [0.5, 0.6) is 11.5 Å². The Morgan fingerprint density at radius 1 is 1.03 bits per heavy atom. The van der Waals surface area contributed by atoms with Crippen LogP contribution in [0.3, 0.4) is 0 Å². The summed E-state index contributed by atoms with van der Waals surface area (Å²) in [6.07, 6.45) is 3.74. The van der Waals surface area contributed by atoms with E-state index in [1.807, 2.05) is 71.0 Å². The van der Waals surface area contributed by atoms with E-state index in [0.717, 1.165) is 46.9 Å². The number of nitrogens with zero attached hydrogens (tertiary/aromatic N) is 4. The van der Waals surface area contributed by atoms with Crippen molar-refractivity contribution in [2.75, 3.05) is 13.3 Å². The maximum Gasteiger partial charge on any atom is 0.231 e. The summed E-state index contributed by atoms with van der Waals surface area (Å²) in [5.41, 5.74) is 7.16. The van der Waals surface area contributed by atoms with E-state index < -0.39 is 0 Å². The minimum absolute atomic E-state index is 0.0253. The van der Waals surface area contributed by atoms with Crippen LogP contribution in [0.2, 0.25) is 0 Å². The van der Waals surface area contributed by atoms with Gasteiger partial charge in [-0.2, -0.15) is 10.2 Å². The van der Waals surface area contributed by atoms with E-state index in [2.05, 4.69) is 24.3 Å². The number of hydrogen-bond donors (Lipinski definition) is 1. The summed E-state index contributed by atoms with van der Waals surface area (Å²) in [5, 5.41) is 12.5. The van der Waals surface area contributed by atoms with Crippen molar-refractivity contribution in [3.05, 3.63) is 77.2 Å². The smallest absolute Gasteiger partial charge is 0.231 e. The highest BCUT2D eigenvalue weighted by Crippen LogP contribution is 2.36. The van der Waals surface area contributed by atoms with Crippen molar-refractivity contribution in [3.63, 3.8) is 0 Å². The first-order chi connectivity index (χ1) is 17.5. The minimum atomic E-state index is 0.0253. The fourth-order valence-electron chi connectivity index (χ4n) is 4.66. The molecule has 8 nitrogen and oxygen atoms in total. The zero-order valence-electron chi connectivity index (χ0n) is 21.0. The standard InChI is InChI=1S/C28H31N5O3/c1-4-32-20(3)24(19(2)30-32)14-15-29-27(34)13-11-22-17-33(23-8-6-5-7-9-23)31-28(22)21-10-12-25-26(16-21)36-18-35-25/h5-10,12,16-17H,4,11,13-15,18H2,1-3H3,(H,29,34). The van der Waals surface area contributed by atoms with Crippen LogP contribution < -0.4 is 14.8 Å². The number of para-hydroxylation sites is 1. The lowest BCUT2D eigenvalue weighted by Gasteiger charge is -2.07. The molecule has 0 fully saturated rings. The molecule has 2 aromatic carbocycles. The Bertz CT molecular complexity index is 1370. The van der Waals surface area contributed by atoms with E-state index in [-0.39, 0.29) is 12.7 Å². The fourth-order valence-corrected chi connectivity index (χ4v) is 4.66. The maximum atomic E-state index is 12.7. The molecule has 3 heterocycles. The van der Waals surface area contributed by atoms with Crippen LogP contribution in [0.25, 0.3) is 16.9 Å². The molecule has 0 aliphatic carbocycles. The highest BCUT2D eigenvalue weighted by Gasteiger charge is 2.19. The van der Waals surface area contributed by atoms with Crippen LogP contribution in [0.1, 0.15) is 35.9 Å². The zero-order valence-corrected chi connectivity index (χ0v) is 21.0. The zero-order chi connectivity index (χ0) is 25.1. The van der Waals surface area contributed by atoms with Gasteiger partial charge in [0.25, 0.3) is 0 Å². The topological polar surface area (TPSA) is 83.2 Å². The van der Waals surface area contributed by atoms with Gasteiger partial charge < -0.3 is 14.8 Å². The van der Waals surface area contributed by atoms with Gasteiger partial charge in [0.2, 0.25) is 12.7 Å². The maximum absolute atomic E-state index is 12.7. The third kappa shape index (κ3) is 4.84. The summed E-state index contributed by atoms with van der Waals surface area (Å²) in [6, 6.07) is 15.8. The number of carbonyl (C=O) groups excluding carboxylic acids is 1. The van der Waals surface area contributed by atoms with Crippen LogP contribution in [0.15, 0.2) is 54.7 Å². The van der Waals surface area contributed by atoms with Gasteiger partial charge in [0.05, 0.1) is 17.1 Å². The van der Waals surface area contributed by atoms with Gasteiger partial charge in [0.15, 0.2) is 11.5 Å². The van der Waals surface area contributed by atoms with Gasteiger partial charge in [0, 0.05) is 37.0 Å². The molecule has 0 radical (unpaired) electrons. The van der Waals surface area contributed by atoms with Crippen molar-refractivity contribution in [1.82, 2.24) is 24.9 Å². The van der Waals surface area contributed by atoms with Crippen LogP contribution in [0.4, 0.5) is 0 Å². The van der Waals surface area contributed by atoms with Crippen LogP contribution >= 0.6 is 0 Å². The molecule has 36 heavy (non-hydrogen) atoms. The number of aromatic nitrogens is 4. The molecular weight excluding hydrogens is 454 g/mol. The number of benzene rings is 2. The monoisotopic (exact) mass is 485 g/mol. The first-order valence-electron chi connectivity index (χ1n) is 12.4. The molecular formula is C28H31N5O3. The molecule has 2 aromatic heterocycles. The molecule has 0 spiro atoms. The average Bonchev–Trinajstić information content (AvgIpc) is 3.61. The number of ether oxygens (including phenoxy) is 2. The van der Waals surface area contributed by atoms with E-state index in [0.29, 0.717) is 25.1 Å². The van der Waals surface area contributed by atoms with Gasteiger partial charge in [-0.05, 0) is 75.1 Å². The van der Waals surface area contributed by atoms with Crippen molar-refractivity contribution >= 4 is 5.91 Å². The van der Waals surface area contributed by atoms with Gasteiger partial charge >= 0.3 is 0 Å². The predicted molar refractivity (Wildman–Crippen MR) is 138 cm³/mol. The molecule has 1 aliphatic heterocycles. The van der Waals surface area contributed by atoms with Gasteiger partial charge in [-0.25, -0.2) is 4.68 Å². The number of nitrogens with one attached hydrogen (secondary N) is 1. The second-order valence-electron chi connectivity index (χ2n) is 8.92. The van der Waals surface area contributed by atoms with Gasteiger partial charge in [0.1, 0.15) is 0 Å². The van der Waals surface area contributed by atoms with Crippen LogP contribution in [-0.4, -0.2) is 38.8 Å². The lowest BCUT2D eigenvalue weighted by atomic mass is 10.0. The van der Waals surface area contributed by atoms with Crippen molar-refractivity contribution in [1.29, 1.82) is 0 Å². The lowest BCUT2D eigenvalue weighted by Crippen LogP contribution is -2.26. The van der Waals surface area contributed by atoms with Crippen molar-refractivity contribution in [2.24, 2.45) is 0 Å². The summed E-state index contributed by atoms with van der Waals surface area (Å²) in [4.78, 5) is 12.7. The SMILES string of the molecule is CCn1nc(C)c(CCNC(=O)CCc2cn(-c3ccccc3)nc2-c2ccc3c(c2)OCO3)c1C. The lowest BCUT2D eigenvalue weighted by molar-refractivity contribution is -0.121. The molecule has 1 aliphatic rings. The summed E-state index contributed by atoms with van der Waals surface area (Å²) in [7, 11) is 0. The Morgan fingerprint density at radius 3 is 2.61 bits per heavy atom. The second-order valence-corrected chi connectivity index (χ2v) is 8.92. The number of hydrogen-bond acceptors (Lipinski definition) is 5. The number of carbonyl (C=O) groups is 1. The van der Waals surface area contributed by atoms with Gasteiger partial charge in [-0.15, -0.1) is 0 Å². The summed E-state index contributed by atoms with van der Waals surface area (Å²) in [6.45, 7) is 7.86. The molecule has 186 valence electrons. The third-order valence-corrected chi connectivity index (χ3v) is 6.61. The summed E-state index contributed by atoms with van der Waals surface area (Å²) < 4.78 is 14.9. The normalized spacial score (nSPS) is 12.2. The molecule has 1 N–H and O–H groups in total. The second kappa shape index (κ2) is 10.3. The van der Waals surface area contributed by atoms with E-state index in [1.54, 1.807) is 0 Å². The van der Waals surface area contributed by atoms with Crippen LogP contribution in [0, 0.1) is 13.8 Å².